The van der Waals surface area contributed by atoms with Gasteiger partial charge < -0.3 is 5.73 Å². The van der Waals surface area contributed by atoms with Gasteiger partial charge in [0.25, 0.3) is 0 Å². The molecule has 0 saturated heterocycles. The number of benzene rings is 1. The molecule has 1 aliphatic heterocycles. The molecular formula is C14H21N3. The summed E-state index contributed by atoms with van der Waals surface area (Å²) in [5, 5.41) is 7.23. The van der Waals surface area contributed by atoms with Gasteiger partial charge in [-0.2, -0.15) is 0 Å². The number of rotatable bonds is 4. The van der Waals surface area contributed by atoms with E-state index >= 15 is 0 Å². The van der Waals surface area contributed by atoms with Crippen molar-refractivity contribution < 1.29 is 0 Å². The topological polar surface area (TPSA) is 53.1 Å². The molecule has 3 N–H and O–H groups in total. The third kappa shape index (κ3) is 3.56. The van der Waals surface area contributed by atoms with Gasteiger partial charge in [-0.1, -0.05) is 24.3 Å². The van der Waals surface area contributed by atoms with E-state index in [0.29, 0.717) is 5.84 Å². The van der Waals surface area contributed by atoms with Crippen molar-refractivity contribution >= 4 is 5.84 Å². The molecule has 0 unspecified atom stereocenters. The molecule has 0 fully saturated rings. The molecule has 2 rings (SSSR count). The van der Waals surface area contributed by atoms with Crippen molar-refractivity contribution in [2.75, 3.05) is 13.1 Å². The summed E-state index contributed by atoms with van der Waals surface area (Å²) in [6.07, 6.45) is 4.14. The van der Waals surface area contributed by atoms with Crippen LogP contribution >= 0.6 is 0 Å². The molecule has 0 saturated carbocycles. The van der Waals surface area contributed by atoms with E-state index in [1.54, 1.807) is 0 Å². The van der Waals surface area contributed by atoms with E-state index in [1.807, 2.05) is 0 Å². The third-order valence-corrected chi connectivity index (χ3v) is 3.35. The van der Waals surface area contributed by atoms with Gasteiger partial charge in [0.15, 0.2) is 0 Å². The van der Waals surface area contributed by atoms with Crippen LogP contribution in [0.15, 0.2) is 24.3 Å². The van der Waals surface area contributed by atoms with E-state index in [1.165, 1.54) is 24.0 Å². The molecule has 1 aliphatic rings. The Morgan fingerprint density at radius 3 is 2.82 bits per heavy atom. The van der Waals surface area contributed by atoms with Crippen LogP contribution in [0.1, 0.15) is 30.4 Å². The number of aryl methyl sites for hydroxylation is 1. The molecule has 17 heavy (non-hydrogen) atoms. The Morgan fingerprint density at radius 1 is 1.29 bits per heavy atom. The average Bonchev–Trinajstić information content (AvgIpc) is 2.50. The van der Waals surface area contributed by atoms with Crippen molar-refractivity contribution in [2.24, 2.45) is 5.73 Å². The molecule has 0 bridgehead atoms. The van der Waals surface area contributed by atoms with Crippen molar-refractivity contribution in [3.8, 4) is 0 Å². The highest BCUT2D eigenvalue weighted by Crippen LogP contribution is 2.18. The summed E-state index contributed by atoms with van der Waals surface area (Å²) in [7, 11) is 0. The van der Waals surface area contributed by atoms with Crippen molar-refractivity contribution in [1.82, 2.24) is 4.90 Å². The molecule has 3 nitrogen and oxygen atoms in total. The van der Waals surface area contributed by atoms with E-state index in [0.717, 1.165) is 32.5 Å². The lowest BCUT2D eigenvalue weighted by molar-refractivity contribution is 0.268. The second-order valence-electron chi connectivity index (χ2n) is 4.78. The quantitative estimate of drug-likeness (QED) is 0.616. The Balaban J connectivity index is 1.91. The lowest BCUT2D eigenvalue weighted by Crippen LogP contribution is -2.25. The summed E-state index contributed by atoms with van der Waals surface area (Å²) >= 11 is 0. The van der Waals surface area contributed by atoms with Crippen LogP contribution in [0.3, 0.4) is 0 Å². The van der Waals surface area contributed by atoms with Gasteiger partial charge in [0, 0.05) is 13.0 Å². The number of amidine groups is 1. The van der Waals surface area contributed by atoms with Gasteiger partial charge in [-0.25, -0.2) is 0 Å². The molecule has 0 radical (unpaired) electrons. The lowest BCUT2D eigenvalue weighted by atomic mass is 10.0. The Labute approximate surface area is 103 Å². The summed E-state index contributed by atoms with van der Waals surface area (Å²) in [4.78, 5) is 2.48. The van der Waals surface area contributed by atoms with E-state index in [2.05, 4.69) is 29.2 Å². The fraction of sp³-hybridized carbons (Fsp3) is 0.500. The fourth-order valence-electron chi connectivity index (χ4n) is 2.45. The number of nitrogens with zero attached hydrogens (tertiary/aromatic N) is 1. The summed E-state index contributed by atoms with van der Waals surface area (Å²) < 4.78 is 0. The van der Waals surface area contributed by atoms with Gasteiger partial charge in [-0.15, -0.1) is 0 Å². The van der Waals surface area contributed by atoms with Crippen molar-refractivity contribution in [3.05, 3.63) is 35.4 Å². The number of nitrogens with one attached hydrogen (secondary N) is 1. The van der Waals surface area contributed by atoms with Crippen molar-refractivity contribution in [1.29, 1.82) is 5.41 Å². The minimum absolute atomic E-state index is 0.306. The molecule has 1 aromatic carbocycles. The molecule has 0 aromatic heterocycles. The Hall–Kier alpha value is -1.35. The molecule has 1 aromatic rings. The standard InChI is InChI=1S/C14H21N3/c15-14(16)8-4-10-17-9-3-7-12-5-1-2-6-13(12)11-17/h1-2,5-6H,3-4,7-11H2,(H3,15,16). The molecule has 1 heterocycles. The fourth-order valence-corrected chi connectivity index (χ4v) is 2.45. The molecule has 0 atom stereocenters. The Kier molecular flexibility index (Phi) is 4.15. The van der Waals surface area contributed by atoms with E-state index in [4.69, 9.17) is 11.1 Å². The van der Waals surface area contributed by atoms with Crippen LogP contribution in [0.2, 0.25) is 0 Å². The first kappa shape index (κ1) is 12.1. The highest BCUT2D eigenvalue weighted by Gasteiger charge is 2.13. The van der Waals surface area contributed by atoms with Gasteiger partial charge in [0.2, 0.25) is 0 Å². The zero-order valence-corrected chi connectivity index (χ0v) is 10.3. The summed E-state index contributed by atoms with van der Waals surface area (Å²) in [5.41, 5.74) is 8.35. The lowest BCUT2D eigenvalue weighted by Gasteiger charge is -2.20. The predicted molar refractivity (Wildman–Crippen MR) is 71.2 cm³/mol. The Bertz CT molecular complexity index is 387. The van der Waals surface area contributed by atoms with Gasteiger partial charge >= 0.3 is 0 Å². The Morgan fingerprint density at radius 2 is 2.06 bits per heavy atom. The minimum atomic E-state index is 0.306. The van der Waals surface area contributed by atoms with Gasteiger partial charge in [0.05, 0.1) is 5.84 Å². The predicted octanol–water partition coefficient (Wildman–Crippen LogP) is 2.15. The normalized spacial score (nSPS) is 16.2. The first-order chi connectivity index (χ1) is 8.25. The molecule has 0 amide bonds. The van der Waals surface area contributed by atoms with Crippen LogP contribution in [-0.4, -0.2) is 23.8 Å². The van der Waals surface area contributed by atoms with Crippen LogP contribution in [0, 0.1) is 5.41 Å². The smallest absolute Gasteiger partial charge is 0.0905 e. The zero-order valence-electron chi connectivity index (χ0n) is 10.3. The van der Waals surface area contributed by atoms with Crippen LogP contribution in [0.25, 0.3) is 0 Å². The van der Waals surface area contributed by atoms with Crippen LogP contribution in [0.5, 0.6) is 0 Å². The van der Waals surface area contributed by atoms with Gasteiger partial charge in [0.1, 0.15) is 0 Å². The third-order valence-electron chi connectivity index (χ3n) is 3.35. The molecule has 0 spiro atoms. The van der Waals surface area contributed by atoms with Gasteiger partial charge in [-0.3, -0.25) is 10.3 Å². The first-order valence-corrected chi connectivity index (χ1v) is 6.38. The second-order valence-corrected chi connectivity index (χ2v) is 4.78. The largest absolute Gasteiger partial charge is 0.388 e. The molecule has 0 aliphatic carbocycles. The highest BCUT2D eigenvalue weighted by molar-refractivity contribution is 5.76. The van der Waals surface area contributed by atoms with E-state index in [9.17, 15) is 0 Å². The number of hydrogen-bond donors (Lipinski definition) is 2. The van der Waals surface area contributed by atoms with E-state index in [-0.39, 0.29) is 0 Å². The monoisotopic (exact) mass is 231 g/mol. The van der Waals surface area contributed by atoms with E-state index < -0.39 is 0 Å². The highest BCUT2D eigenvalue weighted by atomic mass is 15.1. The maximum absolute atomic E-state index is 7.23. The maximum atomic E-state index is 7.23. The SMILES string of the molecule is N=C(N)CCCN1CCCc2ccccc2C1. The number of fused-ring (bicyclic) bond motifs is 1. The van der Waals surface area contributed by atoms with Crippen molar-refractivity contribution in [3.63, 3.8) is 0 Å². The molecule has 92 valence electrons. The summed E-state index contributed by atoms with van der Waals surface area (Å²) in [6.45, 7) is 3.26. The number of hydrogen-bond acceptors (Lipinski definition) is 2. The average molecular weight is 231 g/mol. The zero-order chi connectivity index (χ0) is 12.1. The minimum Gasteiger partial charge on any atom is -0.388 e. The first-order valence-electron chi connectivity index (χ1n) is 6.38. The van der Waals surface area contributed by atoms with Crippen LogP contribution < -0.4 is 5.73 Å². The maximum Gasteiger partial charge on any atom is 0.0905 e. The molecular weight excluding hydrogens is 210 g/mol. The second kappa shape index (κ2) is 5.82. The van der Waals surface area contributed by atoms with Crippen molar-refractivity contribution in [2.45, 2.75) is 32.2 Å². The van der Waals surface area contributed by atoms with Gasteiger partial charge in [-0.05, 0) is 43.5 Å². The summed E-state index contributed by atoms with van der Waals surface area (Å²) in [6, 6.07) is 8.73. The summed E-state index contributed by atoms with van der Waals surface area (Å²) in [5.74, 6) is 0.306. The number of nitrogens with two attached hydrogens (primary N) is 1. The molecule has 3 heteroatoms. The van der Waals surface area contributed by atoms with Crippen LogP contribution in [-0.2, 0) is 13.0 Å². The van der Waals surface area contributed by atoms with Crippen LogP contribution in [0.4, 0.5) is 0 Å².